The maximum Gasteiger partial charge on any atom is 0.276 e. The molecule has 8 heteroatoms. The van der Waals surface area contributed by atoms with Crippen molar-refractivity contribution in [1.82, 2.24) is 10.1 Å². The molecular weight excluding hydrogens is 368 g/mol. The number of nitrogens with zero attached hydrogens (tertiary/aromatic N) is 2. The van der Waals surface area contributed by atoms with Gasteiger partial charge in [0.2, 0.25) is 0 Å². The average Bonchev–Trinajstić information content (AvgIpc) is 3.18. The SMILES string of the molecule is CCS(=O)(=O)c1ccc(-c2cc(C(=O)N3CCCCC3CCO)no2)cc1. The van der Waals surface area contributed by atoms with Gasteiger partial charge in [-0.3, -0.25) is 4.79 Å². The summed E-state index contributed by atoms with van der Waals surface area (Å²) in [6, 6.07) is 7.95. The number of benzene rings is 1. The Morgan fingerprint density at radius 3 is 2.70 bits per heavy atom. The first-order valence-electron chi connectivity index (χ1n) is 9.18. The number of piperidine rings is 1. The second kappa shape index (κ2) is 8.22. The second-order valence-electron chi connectivity index (χ2n) is 6.66. The van der Waals surface area contributed by atoms with E-state index in [-0.39, 0.29) is 34.9 Å². The van der Waals surface area contributed by atoms with Crippen molar-refractivity contribution in [2.45, 2.75) is 43.5 Å². The third-order valence-electron chi connectivity index (χ3n) is 4.96. The fourth-order valence-corrected chi connectivity index (χ4v) is 4.25. The molecule has 7 nitrogen and oxygen atoms in total. The number of carbonyl (C=O) groups excluding carboxylic acids is 1. The van der Waals surface area contributed by atoms with E-state index in [0.717, 1.165) is 19.3 Å². The van der Waals surface area contributed by atoms with Gasteiger partial charge in [0, 0.05) is 30.8 Å². The zero-order chi connectivity index (χ0) is 19.4. The quantitative estimate of drug-likeness (QED) is 0.811. The minimum Gasteiger partial charge on any atom is -0.396 e. The molecule has 0 bridgehead atoms. The van der Waals surface area contributed by atoms with E-state index >= 15 is 0 Å². The van der Waals surface area contributed by atoms with Crippen molar-refractivity contribution < 1.29 is 22.8 Å². The number of sulfone groups is 1. The fourth-order valence-electron chi connectivity index (χ4n) is 3.37. The van der Waals surface area contributed by atoms with E-state index in [1.54, 1.807) is 30.0 Å². The van der Waals surface area contributed by atoms with Gasteiger partial charge in [0.25, 0.3) is 5.91 Å². The molecule has 1 saturated heterocycles. The highest BCUT2D eigenvalue weighted by Crippen LogP contribution is 2.25. The van der Waals surface area contributed by atoms with Gasteiger partial charge >= 0.3 is 0 Å². The fraction of sp³-hybridized carbons (Fsp3) is 0.474. The van der Waals surface area contributed by atoms with Crippen LogP contribution in [0.3, 0.4) is 0 Å². The predicted octanol–water partition coefficient (Wildman–Crippen LogP) is 2.51. The molecule has 1 aromatic carbocycles. The monoisotopic (exact) mass is 392 g/mol. The molecule has 2 heterocycles. The van der Waals surface area contributed by atoms with Crippen molar-refractivity contribution >= 4 is 15.7 Å². The number of amides is 1. The third-order valence-corrected chi connectivity index (χ3v) is 6.71. The molecule has 146 valence electrons. The zero-order valence-corrected chi connectivity index (χ0v) is 16.1. The van der Waals surface area contributed by atoms with Crippen LogP contribution in [-0.4, -0.2) is 54.4 Å². The summed E-state index contributed by atoms with van der Waals surface area (Å²) in [6.07, 6.45) is 3.42. The number of hydrogen-bond acceptors (Lipinski definition) is 6. The summed E-state index contributed by atoms with van der Waals surface area (Å²) in [5.74, 6) is 0.251. The van der Waals surface area contributed by atoms with Crippen LogP contribution in [0.1, 0.15) is 43.1 Å². The molecule has 2 aromatic rings. The molecule has 1 amide bonds. The summed E-state index contributed by atoms with van der Waals surface area (Å²) in [4.78, 5) is 14.8. The average molecular weight is 392 g/mol. The molecule has 1 fully saturated rings. The van der Waals surface area contributed by atoms with Gasteiger partial charge < -0.3 is 14.5 Å². The van der Waals surface area contributed by atoms with Crippen molar-refractivity contribution in [3.63, 3.8) is 0 Å². The lowest BCUT2D eigenvalue weighted by Gasteiger charge is -2.34. The Labute approximate surface area is 158 Å². The lowest BCUT2D eigenvalue weighted by Crippen LogP contribution is -2.44. The molecule has 3 rings (SSSR count). The minimum absolute atomic E-state index is 0.0231. The maximum absolute atomic E-state index is 12.8. The van der Waals surface area contributed by atoms with Gasteiger partial charge in [-0.25, -0.2) is 8.42 Å². The van der Waals surface area contributed by atoms with Crippen molar-refractivity contribution in [2.75, 3.05) is 18.9 Å². The van der Waals surface area contributed by atoms with Gasteiger partial charge in [-0.05, 0) is 49.9 Å². The molecular formula is C19H24N2O5S. The van der Waals surface area contributed by atoms with E-state index in [1.807, 2.05) is 0 Å². The number of likely N-dealkylation sites (tertiary alicyclic amines) is 1. The van der Waals surface area contributed by atoms with Crippen molar-refractivity contribution in [1.29, 1.82) is 0 Å². The van der Waals surface area contributed by atoms with E-state index in [1.165, 1.54) is 12.1 Å². The number of aliphatic hydroxyl groups excluding tert-OH is 1. The van der Waals surface area contributed by atoms with E-state index in [2.05, 4.69) is 5.16 Å². The van der Waals surface area contributed by atoms with Crippen LogP contribution in [-0.2, 0) is 9.84 Å². The summed E-state index contributed by atoms with van der Waals surface area (Å²) in [6.45, 7) is 2.29. The topological polar surface area (TPSA) is 101 Å². The summed E-state index contributed by atoms with van der Waals surface area (Å²) in [7, 11) is -3.26. The molecule has 0 saturated carbocycles. The minimum atomic E-state index is -3.26. The van der Waals surface area contributed by atoms with Crippen LogP contribution in [0.2, 0.25) is 0 Å². The van der Waals surface area contributed by atoms with Crippen LogP contribution < -0.4 is 0 Å². The van der Waals surface area contributed by atoms with Crippen LogP contribution in [0.15, 0.2) is 39.8 Å². The van der Waals surface area contributed by atoms with Gasteiger partial charge in [0.05, 0.1) is 10.6 Å². The number of carbonyl (C=O) groups is 1. The lowest BCUT2D eigenvalue weighted by molar-refractivity contribution is 0.0564. The maximum atomic E-state index is 12.8. The molecule has 1 aliphatic heterocycles. The van der Waals surface area contributed by atoms with Crippen molar-refractivity contribution in [2.24, 2.45) is 0 Å². The van der Waals surface area contributed by atoms with Gasteiger partial charge in [-0.1, -0.05) is 12.1 Å². The Bertz CT molecular complexity index is 887. The lowest BCUT2D eigenvalue weighted by atomic mass is 9.99. The highest BCUT2D eigenvalue weighted by Gasteiger charge is 2.29. The molecule has 1 unspecified atom stereocenters. The molecule has 1 aliphatic rings. The van der Waals surface area contributed by atoms with Crippen LogP contribution in [0.25, 0.3) is 11.3 Å². The second-order valence-corrected chi connectivity index (χ2v) is 8.94. The van der Waals surface area contributed by atoms with Gasteiger partial charge in [-0.15, -0.1) is 0 Å². The largest absolute Gasteiger partial charge is 0.396 e. The summed E-state index contributed by atoms with van der Waals surface area (Å²) in [5.41, 5.74) is 0.877. The number of aromatic nitrogens is 1. The van der Waals surface area contributed by atoms with Crippen LogP contribution in [0.5, 0.6) is 0 Å². The Balaban J connectivity index is 1.79. The summed E-state index contributed by atoms with van der Waals surface area (Å²) >= 11 is 0. The van der Waals surface area contributed by atoms with E-state index in [4.69, 9.17) is 4.52 Å². The molecule has 0 aliphatic carbocycles. The first-order valence-corrected chi connectivity index (χ1v) is 10.8. The van der Waals surface area contributed by atoms with Gasteiger partial charge in [-0.2, -0.15) is 0 Å². The first-order chi connectivity index (χ1) is 13.0. The predicted molar refractivity (Wildman–Crippen MR) is 100 cm³/mol. The van der Waals surface area contributed by atoms with Crippen molar-refractivity contribution in [3.05, 3.63) is 36.0 Å². The molecule has 1 aromatic heterocycles. The van der Waals surface area contributed by atoms with E-state index < -0.39 is 9.84 Å². The number of aliphatic hydroxyl groups is 1. The van der Waals surface area contributed by atoms with Crippen LogP contribution in [0, 0.1) is 0 Å². The summed E-state index contributed by atoms with van der Waals surface area (Å²) < 4.78 is 29.1. The molecule has 0 spiro atoms. The van der Waals surface area contributed by atoms with Gasteiger partial charge in [0.15, 0.2) is 21.3 Å². The Kier molecular flexibility index (Phi) is 5.96. The van der Waals surface area contributed by atoms with Gasteiger partial charge in [0.1, 0.15) is 0 Å². The number of hydrogen-bond donors (Lipinski definition) is 1. The van der Waals surface area contributed by atoms with Crippen LogP contribution in [0.4, 0.5) is 0 Å². The van der Waals surface area contributed by atoms with E-state index in [0.29, 0.717) is 24.3 Å². The molecule has 1 N–H and O–H groups in total. The normalized spacial score (nSPS) is 17.9. The Hall–Kier alpha value is -2.19. The zero-order valence-electron chi connectivity index (χ0n) is 15.3. The van der Waals surface area contributed by atoms with E-state index in [9.17, 15) is 18.3 Å². The Morgan fingerprint density at radius 1 is 1.30 bits per heavy atom. The number of rotatable bonds is 6. The standard InChI is InChI=1S/C19H24N2O5S/c1-2-27(24,25)16-8-6-14(7-9-16)18-13-17(20-26-18)19(23)21-11-4-3-5-15(21)10-12-22/h6-9,13,15,22H,2-5,10-12H2,1H3. The highest BCUT2D eigenvalue weighted by atomic mass is 32.2. The Morgan fingerprint density at radius 2 is 2.04 bits per heavy atom. The highest BCUT2D eigenvalue weighted by molar-refractivity contribution is 7.91. The third kappa shape index (κ3) is 4.22. The van der Waals surface area contributed by atoms with Crippen LogP contribution >= 0.6 is 0 Å². The molecule has 27 heavy (non-hydrogen) atoms. The van der Waals surface area contributed by atoms with Crippen molar-refractivity contribution in [3.8, 4) is 11.3 Å². The summed E-state index contributed by atoms with van der Waals surface area (Å²) in [5, 5.41) is 13.1. The smallest absolute Gasteiger partial charge is 0.276 e. The molecule has 0 radical (unpaired) electrons. The first kappa shape index (κ1) is 19.6. The molecule has 1 atom stereocenters.